The van der Waals surface area contributed by atoms with Crippen LogP contribution in [0.4, 0.5) is 0 Å². The first-order valence-corrected chi connectivity index (χ1v) is 6.77. The van der Waals surface area contributed by atoms with E-state index in [0.29, 0.717) is 17.1 Å². The zero-order valence-electron chi connectivity index (χ0n) is 12.1. The van der Waals surface area contributed by atoms with Gasteiger partial charge in [0, 0.05) is 5.56 Å². The molecule has 0 aliphatic rings. The Balaban J connectivity index is 2.31. The SMILES string of the molecule is CCc1ccc(OC(C(=O)O)c2ccccc2)c(OC)c1. The molecule has 4 heteroatoms. The molecule has 2 aromatic carbocycles. The van der Waals surface area contributed by atoms with Crippen molar-refractivity contribution < 1.29 is 19.4 Å². The lowest BCUT2D eigenvalue weighted by molar-refractivity contribution is -0.145. The smallest absolute Gasteiger partial charge is 0.349 e. The van der Waals surface area contributed by atoms with E-state index in [2.05, 4.69) is 0 Å². The molecular weight excluding hydrogens is 268 g/mol. The monoisotopic (exact) mass is 286 g/mol. The van der Waals surface area contributed by atoms with Crippen molar-refractivity contribution in [3.05, 3.63) is 59.7 Å². The summed E-state index contributed by atoms with van der Waals surface area (Å²) in [5.74, 6) is -0.0784. The second-order valence-electron chi connectivity index (χ2n) is 4.59. The van der Waals surface area contributed by atoms with Gasteiger partial charge < -0.3 is 14.6 Å². The van der Waals surface area contributed by atoms with Gasteiger partial charge in [-0.2, -0.15) is 0 Å². The van der Waals surface area contributed by atoms with Crippen LogP contribution in [0, 0.1) is 0 Å². The summed E-state index contributed by atoms with van der Waals surface area (Å²) in [7, 11) is 1.54. The van der Waals surface area contributed by atoms with Crippen LogP contribution in [0.2, 0.25) is 0 Å². The summed E-state index contributed by atoms with van der Waals surface area (Å²) < 4.78 is 10.9. The van der Waals surface area contributed by atoms with Gasteiger partial charge in [0.05, 0.1) is 7.11 Å². The fraction of sp³-hybridized carbons (Fsp3) is 0.235. The first-order chi connectivity index (χ1) is 10.2. The molecule has 0 aromatic heterocycles. The van der Waals surface area contributed by atoms with E-state index in [0.717, 1.165) is 12.0 Å². The van der Waals surface area contributed by atoms with E-state index < -0.39 is 12.1 Å². The summed E-state index contributed by atoms with van der Waals surface area (Å²) in [5.41, 5.74) is 1.69. The van der Waals surface area contributed by atoms with Gasteiger partial charge in [-0.1, -0.05) is 43.3 Å². The predicted molar refractivity (Wildman–Crippen MR) is 79.8 cm³/mol. The zero-order valence-corrected chi connectivity index (χ0v) is 12.1. The maximum absolute atomic E-state index is 11.5. The highest BCUT2D eigenvalue weighted by atomic mass is 16.5. The number of aryl methyl sites for hydroxylation is 1. The highest BCUT2D eigenvalue weighted by molar-refractivity contribution is 5.75. The highest BCUT2D eigenvalue weighted by Gasteiger charge is 2.23. The maximum atomic E-state index is 11.5. The molecule has 0 aliphatic carbocycles. The fourth-order valence-corrected chi connectivity index (χ4v) is 2.05. The summed E-state index contributed by atoms with van der Waals surface area (Å²) in [6, 6.07) is 14.4. The van der Waals surface area contributed by atoms with Crippen LogP contribution in [0.25, 0.3) is 0 Å². The van der Waals surface area contributed by atoms with Gasteiger partial charge >= 0.3 is 5.97 Å². The van der Waals surface area contributed by atoms with Gasteiger partial charge in [0.25, 0.3) is 0 Å². The minimum absolute atomic E-state index is 0.422. The lowest BCUT2D eigenvalue weighted by Crippen LogP contribution is -2.18. The van der Waals surface area contributed by atoms with Crippen LogP contribution in [0.5, 0.6) is 11.5 Å². The van der Waals surface area contributed by atoms with Crippen LogP contribution in [0.3, 0.4) is 0 Å². The molecule has 1 atom stereocenters. The third-order valence-corrected chi connectivity index (χ3v) is 3.21. The standard InChI is InChI=1S/C17H18O4/c1-3-12-9-10-14(15(11-12)20-2)21-16(17(18)19)13-7-5-4-6-8-13/h4-11,16H,3H2,1-2H3,(H,18,19). The average molecular weight is 286 g/mol. The third-order valence-electron chi connectivity index (χ3n) is 3.21. The second-order valence-corrected chi connectivity index (χ2v) is 4.59. The van der Waals surface area contributed by atoms with Crippen molar-refractivity contribution in [2.24, 2.45) is 0 Å². The largest absolute Gasteiger partial charge is 0.493 e. The molecule has 1 N–H and O–H groups in total. The van der Waals surface area contributed by atoms with Crippen molar-refractivity contribution in [1.29, 1.82) is 0 Å². The van der Waals surface area contributed by atoms with Gasteiger partial charge in [0.2, 0.25) is 6.10 Å². The van der Waals surface area contributed by atoms with Gasteiger partial charge in [-0.3, -0.25) is 0 Å². The molecule has 4 nitrogen and oxygen atoms in total. The van der Waals surface area contributed by atoms with E-state index >= 15 is 0 Å². The molecule has 0 saturated heterocycles. The number of hydrogen-bond acceptors (Lipinski definition) is 3. The average Bonchev–Trinajstić information content (AvgIpc) is 2.53. The summed E-state index contributed by atoms with van der Waals surface area (Å²) in [4.78, 5) is 11.5. The number of benzene rings is 2. The van der Waals surface area contributed by atoms with Crippen LogP contribution in [-0.4, -0.2) is 18.2 Å². The van der Waals surface area contributed by atoms with Gasteiger partial charge in [-0.05, 0) is 24.1 Å². The van der Waals surface area contributed by atoms with Gasteiger partial charge in [0.1, 0.15) is 0 Å². The first-order valence-electron chi connectivity index (χ1n) is 6.77. The topological polar surface area (TPSA) is 55.8 Å². The Morgan fingerprint density at radius 2 is 1.86 bits per heavy atom. The van der Waals surface area contributed by atoms with Gasteiger partial charge in [-0.15, -0.1) is 0 Å². The molecule has 110 valence electrons. The van der Waals surface area contributed by atoms with Crippen LogP contribution in [-0.2, 0) is 11.2 Å². The zero-order chi connectivity index (χ0) is 15.2. The number of carbonyl (C=O) groups is 1. The van der Waals surface area contributed by atoms with Crippen molar-refractivity contribution >= 4 is 5.97 Å². The molecule has 0 heterocycles. The molecule has 2 aromatic rings. The molecule has 0 amide bonds. The number of rotatable bonds is 6. The van der Waals surface area contributed by atoms with Crippen molar-refractivity contribution in [2.75, 3.05) is 7.11 Å². The number of ether oxygens (including phenoxy) is 2. The fourth-order valence-electron chi connectivity index (χ4n) is 2.05. The Hall–Kier alpha value is -2.49. The Kier molecular flexibility index (Phi) is 4.82. The Bertz CT molecular complexity index is 607. The van der Waals surface area contributed by atoms with E-state index in [1.165, 1.54) is 0 Å². The van der Waals surface area contributed by atoms with Crippen molar-refractivity contribution in [3.8, 4) is 11.5 Å². The van der Waals surface area contributed by atoms with Crippen LogP contribution in [0.15, 0.2) is 48.5 Å². The Morgan fingerprint density at radius 1 is 1.14 bits per heavy atom. The maximum Gasteiger partial charge on any atom is 0.349 e. The minimum atomic E-state index is -1.06. The van der Waals surface area contributed by atoms with E-state index in [1.54, 1.807) is 37.4 Å². The summed E-state index contributed by atoms with van der Waals surface area (Å²) >= 11 is 0. The molecule has 0 aliphatic heterocycles. The quantitative estimate of drug-likeness (QED) is 0.883. The van der Waals surface area contributed by atoms with Crippen LogP contribution < -0.4 is 9.47 Å². The van der Waals surface area contributed by atoms with Gasteiger partial charge in [0.15, 0.2) is 11.5 Å². The number of carboxylic acids is 1. The molecule has 0 radical (unpaired) electrons. The third kappa shape index (κ3) is 3.54. The Morgan fingerprint density at radius 3 is 2.43 bits per heavy atom. The predicted octanol–water partition coefficient (Wildman–Crippen LogP) is 3.46. The van der Waals surface area contributed by atoms with E-state index in [1.807, 2.05) is 25.1 Å². The first kappa shape index (κ1) is 14.9. The van der Waals surface area contributed by atoms with Crippen molar-refractivity contribution in [2.45, 2.75) is 19.4 Å². The van der Waals surface area contributed by atoms with E-state index in [9.17, 15) is 9.90 Å². The number of methoxy groups -OCH3 is 1. The molecule has 0 bridgehead atoms. The van der Waals surface area contributed by atoms with Crippen molar-refractivity contribution in [1.82, 2.24) is 0 Å². The summed E-state index contributed by atoms with van der Waals surface area (Å²) in [6.45, 7) is 2.04. The van der Waals surface area contributed by atoms with Crippen LogP contribution in [0.1, 0.15) is 24.2 Å². The molecule has 0 spiro atoms. The lowest BCUT2D eigenvalue weighted by Gasteiger charge is -2.18. The summed E-state index contributed by atoms with van der Waals surface area (Å²) in [6.07, 6.45) is -0.190. The molecule has 1 unspecified atom stereocenters. The van der Waals surface area contributed by atoms with E-state index in [4.69, 9.17) is 9.47 Å². The van der Waals surface area contributed by atoms with E-state index in [-0.39, 0.29) is 0 Å². The molecular formula is C17H18O4. The normalized spacial score (nSPS) is 11.7. The highest BCUT2D eigenvalue weighted by Crippen LogP contribution is 2.32. The molecule has 2 rings (SSSR count). The molecule has 21 heavy (non-hydrogen) atoms. The number of hydrogen-bond donors (Lipinski definition) is 1. The van der Waals surface area contributed by atoms with Gasteiger partial charge in [-0.25, -0.2) is 4.79 Å². The van der Waals surface area contributed by atoms with Crippen molar-refractivity contribution in [3.63, 3.8) is 0 Å². The number of aliphatic carboxylic acids is 1. The minimum Gasteiger partial charge on any atom is -0.493 e. The van der Waals surface area contributed by atoms with Crippen LogP contribution >= 0.6 is 0 Å². The second kappa shape index (κ2) is 6.79. The summed E-state index contributed by atoms with van der Waals surface area (Å²) in [5, 5.41) is 9.39. The lowest BCUT2D eigenvalue weighted by atomic mass is 10.1. The Labute approximate surface area is 123 Å². The molecule has 0 fully saturated rings. The molecule has 0 saturated carbocycles. The number of carboxylic acid groups (broad SMARTS) is 1.